The van der Waals surface area contributed by atoms with Gasteiger partial charge in [-0.15, -0.1) is 5.10 Å². The summed E-state index contributed by atoms with van der Waals surface area (Å²) in [6, 6.07) is 3.46. The monoisotopic (exact) mass is 305 g/mol. The summed E-state index contributed by atoms with van der Waals surface area (Å²) in [5.74, 6) is 1.49. The number of hydrogen-bond acceptors (Lipinski definition) is 6. The first-order valence-corrected chi connectivity index (χ1v) is 7.09. The normalized spacial score (nSPS) is 14.5. The number of aliphatic hydroxyl groups is 1. The van der Waals surface area contributed by atoms with E-state index in [0.717, 1.165) is 25.1 Å². The molecule has 0 amide bonds. The minimum atomic E-state index is -0.879. The summed E-state index contributed by atoms with van der Waals surface area (Å²) in [5.41, 5.74) is 2.21. The second-order valence-corrected chi connectivity index (χ2v) is 5.11. The van der Waals surface area contributed by atoms with Crippen molar-refractivity contribution in [2.75, 3.05) is 21.3 Å². The first kappa shape index (κ1) is 14.6. The summed E-state index contributed by atoms with van der Waals surface area (Å²) in [6.45, 7) is 0.851. The quantitative estimate of drug-likeness (QED) is 0.898. The summed E-state index contributed by atoms with van der Waals surface area (Å²) >= 11 is 0. The van der Waals surface area contributed by atoms with Crippen molar-refractivity contribution in [2.24, 2.45) is 0 Å². The lowest BCUT2D eigenvalue weighted by Crippen LogP contribution is -2.05. The summed E-state index contributed by atoms with van der Waals surface area (Å²) in [6.07, 6.45) is 1.03. The predicted octanol–water partition coefficient (Wildman–Crippen LogP) is 1.33. The molecule has 0 bridgehead atoms. The Kier molecular flexibility index (Phi) is 3.89. The van der Waals surface area contributed by atoms with Crippen LogP contribution in [0.4, 0.5) is 0 Å². The highest BCUT2D eigenvalue weighted by Crippen LogP contribution is 2.41. The summed E-state index contributed by atoms with van der Waals surface area (Å²) < 4.78 is 17.8. The van der Waals surface area contributed by atoms with Crippen LogP contribution in [0.2, 0.25) is 0 Å². The lowest BCUT2D eigenvalue weighted by Gasteiger charge is -2.16. The number of benzene rings is 1. The van der Waals surface area contributed by atoms with E-state index < -0.39 is 6.10 Å². The first-order valence-electron chi connectivity index (χ1n) is 7.09. The molecule has 1 aromatic carbocycles. The van der Waals surface area contributed by atoms with Gasteiger partial charge in [0.25, 0.3) is 0 Å². The molecule has 0 spiro atoms. The molecule has 22 heavy (non-hydrogen) atoms. The molecule has 7 nitrogen and oxygen atoms in total. The Hall–Kier alpha value is -2.28. The van der Waals surface area contributed by atoms with Crippen LogP contribution in [0.15, 0.2) is 12.1 Å². The molecule has 7 heteroatoms. The number of aliphatic hydroxyl groups excluding tert-OH is 1. The van der Waals surface area contributed by atoms with Crippen LogP contribution in [-0.4, -0.2) is 41.4 Å². The summed E-state index contributed by atoms with van der Waals surface area (Å²) in [7, 11) is 4.63. The van der Waals surface area contributed by atoms with E-state index in [1.807, 2.05) is 4.68 Å². The zero-order valence-electron chi connectivity index (χ0n) is 12.9. The van der Waals surface area contributed by atoms with E-state index in [-0.39, 0.29) is 0 Å². The van der Waals surface area contributed by atoms with Gasteiger partial charge in [0.05, 0.1) is 27.0 Å². The van der Waals surface area contributed by atoms with Crippen LogP contribution >= 0.6 is 0 Å². The van der Waals surface area contributed by atoms with E-state index in [4.69, 9.17) is 14.2 Å². The van der Waals surface area contributed by atoms with Crippen molar-refractivity contribution in [3.63, 3.8) is 0 Å². The Bertz CT molecular complexity index is 658. The number of methoxy groups -OCH3 is 3. The Morgan fingerprint density at radius 2 is 1.82 bits per heavy atom. The average Bonchev–Trinajstić information content (AvgIpc) is 3.15. The van der Waals surface area contributed by atoms with Gasteiger partial charge in [-0.25, -0.2) is 4.68 Å². The molecule has 1 aliphatic rings. The molecule has 1 atom stereocenters. The molecule has 0 radical (unpaired) electrons. The van der Waals surface area contributed by atoms with Gasteiger partial charge in [0.1, 0.15) is 11.8 Å². The van der Waals surface area contributed by atoms with Gasteiger partial charge in [-0.2, -0.15) is 0 Å². The standard InChI is InChI=1S/C15H19N3O4/c1-20-11-7-9(8-12(21-2)15(11)22-3)14(19)13-10-5-4-6-18(10)17-16-13/h7-8,14,19H,4-6H2,1-3H3. The molecule has 0 saturated carbocycles. The van der Waals surface area contributed by atoms with Crippen LogP contribution in [0.1, 0.15) is 29.5 Å². The fourth-order valence-corrected chi connectivity index (χ4v) is 2.81. The highest BCUT2D eigenvalue weighted by atomic mass is 16.5. The number of ether oxygens (including phenoxy) is 3. The van der Waals surface area contributed by atoms with Gasteiger partial charge in [-0.3, -0.25) is 0 Å². The second kappa shape index (κ2) is 5.84. The SMILES string of the molecule is COc1cc(C(O)c2nnn3c2CCC3)cc(OC)c1OC. The highest BCUT2D eigenvalue weighted by Gasteiger charge is 2.26. The summed E-state index contributed by atoms with van der Waals surface area (Å²) in [4.78, 5) is 0. The van der Waals surface area contributed by atoms with Crippen LogP contribution < -0.4 is 14.2 Å². The topological polar surface area (TPSA) is 78.6 Å². The molecule has 1 aromatic heterocycles. The fourth-order valence-electron chi connectivity index (χ4n) is 2.81. The van der Waals surface area contributed by atoms with E-state index in [9.17, 15) is 5.11 Å². The zero-order chi connectivity index (χ0) is 15.7. The number of rotatable bonds is 5. The van der Waals surface area contributed by atoms with Gasteiger partial charge in [0, 0.05) is 6.54 Å². The number of fused-ring (bicyclic) bond motifs is 1. The molecule has 0 saturated heterocycles. The molecular formula is C15H19N3O4. The summed E-state index contributed by atoms with van der Waals surface area (Å²) in [5, 5.41) is 18.9. The Labute approximate surface area is 128 Å². The Morgan fingerprint density at radius 3 is 2.41 bits per heavy atom. The van der Waals surface area contributed by atoms with Gasteiger partial charge in [-0.05, 0) is 30.5 Å². The Balaban J connectivity index is 2.03. The largest absolute Gasteiger partial charge is 0.493 e. The minimum absolute atomic E-state index is 0.495. The van der Waals surface area contributed by atoms with Crippen LogP contribution in [0.25, 0.3) is 0 Å². The minimum Gasteiger partial charge on any atom is -0.493 e. The predicted molar refractivity (Wildman–Crippen MR) is 78.5 cm³/mol. The molecule has 2 heterocycles. The van der Waals surface area contributed by atoms with E-state index in [2.05, 4.69) is 10.3 Å². The van der Waals surface area contributed by atoms with Crippen molar-refractivity contribution in [1.29, 1.82) is 0 Å². The molecule has 118 valence electrons. The van der Waals surface area contributed by atoms with Crippen LogP contribution in [0.5, 0.6) is 17.2 Å². The van der Waals surface area contributed by atoms with Crippen LogP contribution in [-0.2, 0) is 13.0 Å². The molecule has 3 rings (SSSR count). The second-order valence-electron chi connectivity index (χ2n) is 5.11. The molecule has 1 N–H and O–H groups in total. The maximum atomic E-state index is 10.7. The van der Waals surface area contributed by atoms with Gasteiger partial charge in [0.15, 0.2) is 11.5 Å². The third kappa shape index (κ3) is 2.27. The third-order valence-electron chi connectivity index (χ3n) is 3.91. The van der Waals surface area contributed by atoms with Crippen molar-refractivity contribution in [2.45, 2.75) is 25.5 Å². The lowest BCUT2D eigenvalue weighted by atomic mass is 10.0. The van der Waals surface area contributed by atoms with Crippen molar-refractivity contribution in [1.82, 2.24) is 15.0 Å². The molecule has 1 unspecified atom stereocenters. The molecule has 0 fully saturated rings. The van der Waals surface area contributed by atoms with Crippen LogP contribution in [0, 0.1) is 0 Å². The average molecular weight is 305 g/mol. The molecule has 1 aliphatic heterocycles. The number of hydrogen-bond donors (Lipinski definition) is 1. The fraction of sp³-hybridized carbons (Fsp3) is 0.467. The van der Waals surface area contributed by atoms with Crippen molar-refractivity contribution in [3.05, 3.63) is 29.1 Å². The van der Waals surface area contributed by atoms with Gasteiger partial charge < -0.3 is 19.3 Å². The van der Waals surface area contributed by atoms with Gasteiger partial charge >= 0.3 is 0 Å². The highest BCUT2D eigenvalue weighted by molar-refractivity contribution is 5.55. The van der Waals surface area contributed by atoms with Crippen molar-refractivity contribution >= 4 is 0 Å². The van der Waals surface area contributed by atoms with E-state index in [1.165, 1.54) is 0 Å². The molecular weight excluding hydrogens is 286 g/mol. The van der Waals surface area contributed by atoms with E-state index in [0.29, 0.717) is 28.5 Å². The van der Waals surface area contributed by atoms with Crippen molar-refractivity contribution in [3.8, 4) is 17.2 Å². The number of aromatic nitrogens is 3. The maximum absolute atomic E-state index is 10.7. The van der Waals surface area contributed by atoms with E-state index >= 15 is 0 Å². The molecule has 0 aliphatic carbocycles. The van der Waals surface area contributed by atoms with E-state index in [1.54, 1.807) is 33.5 Å². The first-order chi connectivity index (χ1) is 10.7. The lowest BCUT2D eigenvalue weighted by molar-refractivity contribution is 0.212. The maximum Gasteiger partial charge on any atom is 0.203 e. The number of aryl methyl sites for hydroxylation is 1. The third-order valence-corrected chi connectivity index (χ3v) is 3.91. The van der Waals surface area contributed by atoms with Gasteiger partial charge in [-0.1, -0.05) is 5.21 Å². The van der Waals surface area contributed by atoms with Crippen molar-refractivity contribution < 1.29 is 19.3 Å². The molecule has 2 aromatic rings. The Morgan fingerprint density at radius 1 is 1.14 bits per heavy atom. The smallest absolute Gasteiger partial charge is 0.203 e. The zero-order valence-corrected chi connectivity index (χ0v) is 12.9. The van der Waals surface area contributed by atoms with Crippen LogP contribution in [0.3, 0.4) is 0 Å². The van der Waals surface area contributed by atoms with Gasteiger partial charge in [0.2, 0.25) is 5.75 Å². The number of nitrogens with zero attached hydrogens (tertiary/aromatic N) is 3.